The molecule has 3 fully saturated rings. The van der Waals surface area contributed by atoms with E-state index < -0.39 is 0 Å². The fourth-order valence-electron chi connectivity index (χ4n) is 3.48. The molecule has 2 atom stereocenters. The van der Waals surface area contributed by atoms with Gasteiger partial charge in [-0.05, 0) is 39.2 Å². The molecule has 0 aromatic rings. The molecule has 4 heteroatoms. The van der Waals surface area contributed by atoms with Crippen LogP contribution in [0, 0.1) is 5.41 Å². The van der Waals surface area contributed by atoms with Crippen LogP contribution in [0.15, 0.2) is 0 Å². The summed E-state index contributed by atoms with van der Waals surface area (Å²) in [7, 11) is 2.21. The van der Waals surface area contributed by atoms with E-state index in [1.807, 2.05) is 0 Å². The van der Waals surface area contributed by atoms with Crippen molar-refractivity contribution >= 4 is 5.91 Å². The first-order valence-corrected chi connectivity index (χ1v) is 6.88. The second-order valence-electron chi connectivity index (χ2n) is 6.07. The normalized spacial score (nSPS) is 35.8. The number of carbonyl (C=O) groups excluding carboxylic acids is 1. The van der Waals surface area contributed by atoms with Crippen molar-refractivity contribution in [3.63, 3.8) is 0 Å². The topological polar surface area (TPSA) is 49.6 Å². The number of carbonyl (C=O) groups is 1. The fourth-order valence-corrected chi connectivity index (χ4v) is 3.48. The van der Waals surface area contributed by atoms with E-state index in [1.54, 1.807) is 0 Å². The van der Waals surface area contributed by atoms with Gasteiger partial charge in [0.15, 0.2) is 0 Å². The maximum absolute atomic E-state index is 12.5. The molecule has 2 aliphatic heterocycles. The Kier molecular flexibility index (Phi) is 2.67. The van der Waals surface area contributed by atoms with E-state index in [1.165, 1.54) is 12.8 Å². The number of hydrogen-bond acceptors (Lipinski definition) is 3. The van der Waals surface area contributed by atoms with Crippen molar-refractivity contribution in [3.8, 4) is 0 Å². The number of amides is 1. The minimum absolute atomic E-state index is 0.165. The molecule has 1 aliphatic carbocycles. The van der Waals surface area contributed by atoms with Gasteiger partial charge in [-0.15, -0.1) is 0 Å². The van der Waals surface area contributed by atoms with Crippen LogP contribution in [0.3, 0.4) is 0 Å². The predicted octanol–water partition coefficient (Wildman–Crippen LogP) is 0.420. The zero-order valence-corrected chi connectivity index (χ0v) is 10.7. The van der Waals surface area contributed by atoms with E-state index in [9.17, 15) is 4.79 Å². The zero-order chi connectivity index (χ0) is 12.0. The summed E-state index contributed by atoms with van der Waals surface area (Å²) in [4.78, 5) is 17.1. The standard InChI is InChI=1S/C13H23N3O/c1-15-10-2-3-11(15)8-16(7-4-10)12(17)13(9-14)5-6-13/h10-11H,2-9,14H2,1H3. The van der Waals surface area contributed by atoms with Gasteiger partial charge >= 0.3 is 0 Å². The van der Waals surface area contributed by atoms with Crippen molar-refractivity contribution in [3.05, 3.63) is 0 Å². The van der Waals surface area contributed by atoms with Crippen LogP contribution in [0.1, 0.15) is 32.1 Å². The van der Waals surface area contributed by atoms with Gasteiger partial charge in [0.05, 0.1) is 5.41 Å². The van der Waals surface area contributed by atoms with E-state index in [0.717, 1.165) is 32.4 Å². The third-order valence-electron chi connectivity index (χ3n) is 5.13. The summed E-state index contributed by atoms with van der Waals surface area (Å²) >= 11 is 0. The molecule has 0 aromatic carbocycles. The number of likely N-dealkylation sites (N-methyl/N-ethyl adjacent to an activating group) is 1. The summed E-state index contributed by atoms with van der Waals surface area (Å²) < 4.78 is 0. The lowest BCUT2D eigenvalue weighted by molar-refractivity contribution is -0.137. The summed E-state index contributed by atoms with van der Waals surface area (Å²) in [5.41, 5.74) is 5.60. The monoisotopic (exact) mass is 237 g/mol. The van der Waals surface area contributed by atoms with Crippen LogP contribution in [0.5, 0.6) is 0 Å². The first kappa shape index (κ1) is 11.5. The molecule has 2 saturated heterocycles. The van der Waals surface area contributed by atoms with Gasteiger partial charge < -0.3 is 10.6 Å². The average molecular weight is 237 g/mol. The van der Waals surface area contributed by atoms with Crippen molar-refractivity contribution in [2.75, 3.05) is 26.7 Å². The van der Waals surface area contributed by atoms with Crippen LogP contribution in [-0.2, 0) is 4.79 Å². The molecule has 0 spiro atoms. The van der Waals surface area contributed by atoms with Crippen LogP contribution >= 0.6 is 0 Å². The molecule has 1 amide bonds. The van der Waals surface area contributed by atoms with Crippen molar-refractivity contribution in [1.82, 2.24) is 9.80 Å². The first-order valence-electron chi connectivity index (χ1n) is 6.88. The van der Waals surface area contributed by atoms with Crippen LogP contribution in [0.4, 0.5) is 0 Å². The molecular weight excluding hydrogens is 214 g/mol. The second kappa shape index (κ2) is 3.95. The summed E-state index contributed by atoms with van der Waals surface area (Å²) in [5.74, 6) is 0.334. The molecule has 0 radical (unpaired) electrons. The Hall–Kier alpha value is -0.610. The Morgan fingerprint density at radius 2 is 2.00 bits per heavy atom. The highest BCUT2D eigenvalue weighted by molar-refractivity contribution is 5.85. The third-order valence-corrected chi connectivity index (χ3v) is 5.13. The van der Waals surface area contributed by atoms with Gasteiger partial charge in [0.2, 0.25) is 5.91 Å². The molecule has 2 heterocycles. The highest BCUT2D eigenvalue weighted by Gasteiger charge is 2.51. The lowest BCUT2D eigenvalue weighted by Gasteiger charge is -2.28. The first-order chi connectivity index (χ1) is 8.16. The van der Waals surface area contributed by atoms with Gasteiger partial charge in [-0.1, -0.05) is 0 Å². The summed E-state index contributed by atoms with van der Waals surface area (Å²) in [6.07, 6.45) is 5.71. The van der Waals surface area contributed by atoms with Gasteiger partial charge in [-0.25, -0.2) is 0 Å². The van der Waals surface area contributed by atoms with Gasteiger partial charge in [0.25, 0.3) is 0 Å². The predicted molar refractivity (Wildman–Crippen MR) is 66.5 cm³/mol. The summed E-state index contributed by atoms with van der Waals surface area (Å²) in [5, 5.41) is 0. The van der Waals surface area contributed by atoms with Crippen LogP contribution in [0.2, 0.25) is 0 Å². The van der Waals surface area contributed by atoms with E-state index >= 15 is 0 Å². The number of likely N-dealkylation sites (tertiary alicyclic amines) is 1. The minimum Gasteiger partial charge on any atom is -0.341 e. The lowest BCUT2D eigenvalue weighted by Crippen LogP contribution is -2.45. The van der Waals surface area contributed by atoms with Gasteiger partial charge in [-0.3, -0.25) is 9.69 Å². The van der Waals surface area contributed by atoms with Crippen LogP contribution in [-0.4, -0.2) is 54.5 Å². The lowest BCUT2D eigenvalue weighted by atomic mass is 10.0. The van der Waals surface area contributed by atoms with Gasteiger partial charge in [0, 0.05) is 31.7 Å². The molecule has 96 valence electrons. The molecule has 1 saturated carbocycles. The largest absolute Gasteiger partial charge is 0.341 e. The maximum atomic E-state index is 12.5. The molecule has 3 rings (SSSR count). The SMILES string of the molecule is CN1C2CCC1CN(C(=O)C1(CN)CC1)CC2. The Balaban J connectivity index is 1.71. The molecule has 0 aromatic heterocycles. The number of nitrogens with two attached hydrogens (primary N) is 1. The van der Waals surface area contributed by atoms with E-state index in [2.05, 4.69) is 16.8 Å². The average Bonchev–Trinajstić information content (AvgIpc) is 3.04. The molecule has 2 bridgehead atoms. The van der Waals surface area contributed by atoms with E-state index in [-0.39, 0.29) is 5.41 Å². The summed E-state index contributed by atoms with van der Waals surface area (Å²) in [6, 6.07) is 1.28. The highest BCUT2D eigenvalue weighted by Crippen LogP contribution is 2.46. The van der Waals surface area contributed by atoms with Crippen molar-refractivity contribution in [2.24, 2.45) is 11.1 Å². The molecule has 4 nitrogen and oxygen atoms in total. The van der Waals surface area contributed by atoms with Crippen LogP contribution in [0.25, 0.3) is 0 Å². The smallest absolute Gasteiger partial charge is 0.230 e. The highest BCUT2D eigenvalue weighted by atomic mass is 16.2. The third kappa shape index (κ3) is 1.78. The zero-order valence-electron chi connectivity index (χ0n) is 10.7. The number of fused-ring (bicyclic) bond motifs is 2. The van der Waals surface area contributed by atoms with Crippen LogP contribution < -0.4 is 5.73 Å². The number of nitrogens with zero attached hydrogens (tertiary/aromatic N) is 2. The Morgan fingerprint density at radius 3 is 2.65 bits per heavy atom. The van der Waals surface area contributed by atoms with E-state index in [0.29, 0.717) is 24.5 Å². The molecule has 3 aliphatic rings. The quantitative estimate of drug-likeness (QED) is 0.757. The fraction of sp³-hybridized carbons (Fsp3) is 0.923. The molecule has 2 N–H and O–H groups in total. The Labute approximate surface area is 103 Å². The minimum atomic E-state index is -0.165. The Morgan fingerprint density at radius 1 is 1.29 bits per heavy atom. The summed E-state index contributed by atoms with van der Waals surface area (Å²) in [6.45, 7) is 2.39. The number of rotatable bonds is 2. The van der Waals surface area contributed by atoms with E-state index in [4.69, 9.17) is 5.73 Å². The molecule has 2 unspecified atom stereocenters. The maximum Gasteiger partial charge on any atom is 0.230 e. The molecule has 17 heavy (non-hydrogen) atoms. The van der Waals surface area contributed by atoms with Gasteiger partial charge in [-0.2, -0.15) is 0 Å². The van der Waals surface area contributed by atoms with Crippen molar-refractivity contribution in [1.29, 1.82) is 0 Å². The molecular formula is C13H23N3O. The van der Waals surface area contributed by atoms with Crippen molar-refractivity contribution < 1.29 is 4.79 Å². The van der Waals surface area contributed by atoms with Gasteiger partial charge in [0.1, 0.15) is 0 Å². The van der Waals surface area contributed by atoms with Crippen molar-refractivity contribution in [2.45, 2.75) is 44.2 Å². The number of hydrogen-bond donors (Lipinski definition) is 1. The second-order valence-corrected chi connectivity index (χ2v) is 6.07. The Bertz CT molecular complexity index is 327.